The van der Waals surface area contributed by atoms with Crippen molar-refractivity contribution >= 4 is 17.2 Å². The summed E-state index contributed by atoms with van der Waals surface area (Å²) in [5, 5.41) is 2.58. The molecule has 90 valence electrons. The van der Waals surface area contributed by atoms with Crippen molar-refractivity contribution in [2.24, 2.45) is 5.73 Å². The number of carbonyl (C=O) groups is 1. The average Bonchev–Trinajstić information content (AvgIpc) is 2.75. The third kappa shape index (κ3) is 2.80. The highest BCUT2D eigenvalue weighted by Crippen LogP contribution is 2.17. The third-order valence-corrected chi connectivity index (χ3v) is 3.75. The molecule has 0 saturated heterocycles. The molecule has 0 spiro atoms. The van der Waals surface area contributed by atoms with Crippen molar-refractivity contribution in [3.63, 3.8) is 0 Å². The van der Waals surface area contributed by atoms with Crippen molar-refractivity contribution < 1.29 is 4.79 Å². The van der Waals surface area contributed by atoms with E-state index in [1.54, 1.807) is 17.3 Å². The van der Waals surface area contributed by atoms with Crippen LogP contribution in [0.1, 0.15) is 48.7 Å². The van der Waals surface area contributed by atoms with Crippen LogP contribution in [0, 0.1) is 0 Å². The standard InChI is InChI=1S/C11H19N3OS/c1-5-7(2)14(4)11(15)9-6-16-10(13-9)8(3)12/h6-8H,5,12H2,1-4H3. The van der Waals surface area contributed by atoms with Gasteiger partial charge in [0.15, 0.2) is 0 Å². The molecule has 0 fully saturated rings. The molecule has 4 nitrogen and oxygen atoms in total. The summed E-state index contributed by atoms with van der Waals surface area (Å²) in [5.41, 5.74) is 6.21. The number of thiazole rings is 1. The second-order valence-electron chi connectivity index (χ2n) is 4.03. The molecular weight excluding hydrogens is 222 g/mol. The predicted octanol–water partition coefficient (Wildman–Crippen LogP) is 2.03. The summed E-state index contributed by atoms with van der Waals surface area (Å²) in [6, 6.07) is 0.119. The van der Waals surface area contributed by atoms with E-state index in [0.29, 0.717) is 5.69 Å². The summed E-state index contributed by atoms with van der Waals surface area (Å²) in [4.78, 5) is 18.0. The molecule has 2 atom stereocenters. The highest BCUT2D eigenvalue weighted by atomic mass is 32.1. The third-order valence-electron chi connectivity index (χ3n) is 2.70. The van der Waals surface area contributed by atoms with Gasteiger partial charge in [0.05, 0.1) is 6.04 Å². The fourth-order valence-corrected chi connectivity index (χ4v) is 2.00. The Kier molecular flexibility index (Phi) is 4.44. The van der Waals surface area contributed by atoms with Crippen LogP contribution in [0.3, 0.4) is 0 Å². The summed E-state index contributed by atoms with van der Waals surface area (Å²) < 4.78 is 0. The molecule has 16 heavy (non-hydrogen) atoms. The van der Waals surface area contributed by atoms with Crippen LogP contribution in [0.15, 0.2) is 5.38 Å². The molecule has 0 radical (unpaired) electrons. The molecule has 0 aliphatic carbocycles. The molecule has 0 aromatic carbocycles. The Balaban J connectivity index is 2.80. The van der Waals surface area contributed by atoms with Gasteiger partial charge in [-0.3, -0.25) is 4.79 Å². The Bertz CT molecular complexity index is 362. The zero-order chi connectivity index (χ0) is 12.3. The SMILES string of the molecule is CCC(C)N(C)C(=O)c1csc(C(C)N)n1. The number of nitrogens with zero attached hydrogens (tertiary/aromatic N) is 2. The maximum Gasteiger partial charge on any atom is 0.273 e. The monoisotopic (exact) mass is 241 g/mol. The first-order valence-corrected chi connectivity index (χ1v) is 6.33. The number of nitrogens with two attached hydrogens (primary N) is 1. The average molecular weight is 241 g/mol. The van der Waals surface area contributed by atoms with E-state index in [0.717, 1.165) is 11.4 Å². The smallest absolute Gasteiger partial charge is 0.273 e. The predicted molar refractivity (Wildman–Crippen MR) is 66.6 cm³/mol. The maximum absolute atomic E-state index is 12.0. The summed E-state index contributed by atoms with van der Waals surface area (Å²) in [7, 11) is 1.81. The zero-order valence-corrected chi connectivity index (χ0v) is 11.0. The van der Waals surface area contributed by atoms with Crippen molar-refractivity contribution in [2.45, 2.75) is 39.3 Å². The first kappa shape index (κ1) is 13.1. The highest BCUT2D eigenvalue weighted by molar-refractivity contribution is 7.09. The second kappa shape index (κ2) is 5.41. The number of aromatic nitrogens is 1. The lowest BCUT2D eigenvalue weighted by Gasteiger charge is -2.22. The summed E-state index contributed by atoms with van der Waals surface area (Å²) in [6.07, 6.45) is 0.937. The number of rotatable bonds is 4. The molecule has 1 aromatic heterocycles. The number of amides is 1. The quantitative estimate of drug-likeness (QED) is 0.877. The largest absolute Gasteiger partial charge is 0.338 e. The molecule has 2 N–H and O–H groups in total. The van der Waals surface area contributed by atoms with Gasteiger partial charge >= 0.3 is 0 Å². The fraction of sp³-hybridized carbons (Fsp3) is 0.636. The van der Waals surface area contributed by atoms with E-state index in [9.17, 15) is 4.79 Å². The summed E-state index contributed by atoms with van der Waals surface area (Å²) in [5.74, 6) is -0.0301. The summed E-state index contributed by atoms with van der Waals surface area (Å²) >= 11 is 1.44. The lowest BCUT2D eigenvalue weighted by molar-refractivity contribution is 0.0735. The van der Waals surface area contributed by atoms with Gasteiger partial charge in [0, 0.05) is 18.5 Å². The van der Waals surface area contributed by atoms with Crippen LogP contribution >= 0.6 is 11.3 Å². The Morgan fingerprint density at radius 3 is 2.69 bits per heavy atom. The molecule has 5 heteroatoms. The van der Waals surface area contributed by atoms with Gasteiger partial charge in [-0.1, -0.05) is 6.92 Å². The van der Waals surface area contributed by atoms with Gasteiger partial charge in [0.25, 0.3) is 5.91 Å². The first-order chi connectivity index (χ1) is 7.47. The van der Waals surface area contributed by atoms with Gasteiger partial charge < -0.3 is 10.6 Å². The van der Waals surface area contributed by atoms with Crippen LogP contribution in [0.5, 0.6) is 0 Å². The first-order valence-electron chi connectivity index (χ1n) is 5.45. The topological polar surface area (TPSA) is 59.2 Å². The lowest BCUT2D eigenvalue weighted by atomic mass is 10.2. The number of hydrogen-bond acceptors (Lipinski definition) is 4. The Morgan fingerprint density at radius 1 is 1.62 bits per heavy atom. The molecule has 1 aromatic rings. The van der Waals surface area contributed by atoms with Gasteiger partial charge in [0.1, 0.15) is 10.7 Å². The molecular formula is C11H19N3OS. The van der Waals surface area contributed by atoms with Crippen LogP contribution in [-0.4, -0.2) is 28.9 Å². The fourth-order valence-electron chi connectivity index (χ4n) is 1.25. The van der Waals surface area contributed by atoms with Crippen molar-refractivity contribution in [1.82, 2.24) is 9.88 Å². The van der Waals surface area contributed by atoms with E-state index >= 15 is 0 Å². The maximum atomic E-state index is 12.0. The van der Waals surface area contributed by atoms with E-state index < -0.39 is 0 Å². The second-order valence-corrected chi connectivity index (χ2v) is 4.92. The molecule has 0 aliphatic heterocycles. The van der Waals surface area contributed by atoms with E-state index in [-0.39, 0.29) is 18.0 Å². The highest BCUT2D eigenvalue weighted by Gasteiger charge is 2.19. The van der Waals surface area contributed by atoms with Gasteiger partial charge in [-0.25, -0.2) is 4.98 Å². The summed E-state index contributed by atoms with van der Waals surface area (Å²) in [6.45, 7) is 5.95. The van der Waals surface area contributed by atoms with Crippen molar-refractivity contribution in [3.05, 3.63) is 16.1 Å². The lowest BCUT2D eigenvalue weighted by Crippen LogP contribution is -2.34. The van der Waals surface area contributed by atoms with E-state index in [4.69, 9.17) is 5.73 Å². The Hall–Kier alpha value is -0.940. The van der Waals surface area contributed by atoms with E-state index in [1.807, 2.05) is 13.8 Å². The van der Waals surface area contributed by atoms with Crippen molar-refractivity contribution in [1.29, 1.82) is 0 Å². The molecule has 1 heterocycles. The molecule has 1 amide bonds. The van der Waals surface area contributed by atoms with Crippen LogP contribution < -0.4 is 5.73 Å². The Labute approximate surface area is 100 Å². The van der Waals surface area contributed by atoms with Gasteiger partial charge in [-0.05, 0) is 20.3 Å². The van der Waals surface area contributed by atoms with Gasteiger partial charge in [-0.2, -0.15) is 0 Å². The molecule has 1 rings (SSSR count). The van der Waals surface area contributed by atoms with Crippen LogP contribution in [0.25, 0.3) is 0 Å². The van der Waals surface area contributed by atoms with Crippen LogP contribution in [-0.2, 0) is 0 Å². The molecule has 0 bridgehead atoms. The van der Waals surface area contributed by atoms with E-state index in [2.05, 4.69) is 11.9 Å². The Morgan fingerprint density at radius 2 is 2.25 bits per heavy atom. The van der Waals surface area contributed by atoms with Crippen LogP contribution in [0.4, 0.5) is 0 Å². The van der Waals surface area contributed by atoms with Crippen molar-refractivity contribution in [3.8, 4) is 0 Å². The van der Waals surface area contributed by atoms with Crippen LogP contribution in [0.2, 0.25) is 0 Å². The van der Waals surface area contributed by atoms with Gasteiger partial charge in [-0.15, -0.1) is 11.3 Å². The minimum atomic E-state index is -0.111. The zero-order valence-electron chi connectivity index (χ0n) is 10.2. The normalized spacial score (nSPS) is 14.6. The van der Waals surface area contributed by atoms with E-state index in [1.165, 1.54) is 11.3 Å². The van der Waals surface area contributed by atoms with Crippen molar-refractivity contribution in [2.75, 3.05) is 7.05 Å². The minimum absolute atomic E-state index is 0.0301. The number of carbonyl (C=O) groups excluding carboxylic acids is 1. The number of hydrogen-bond donors (Lipinski definition) is 1. The molecule has 2 unspecified atom stereocenters. The molecule has 0 saturated carbocycles. The minimum Gasteiger partial charge on any atom is -0.338 e. The van der Waals surface area contributed by atoms with Gasteiger partial charge in [0.2, 0.25) is 0 Å². The molecule has 0 aliphatic rings.